The summed E-state index contributed by atoms with van der Waals surface area (Å²) in [4.78, 5) is 36.0. The van der Waals surface area contributed by atoms with Crippen molar-refractivity contribution in [3.05, 3.63) is 0 Å². The highest BCUT2D eigenvalue weighted by Crippen LogP contribution is 2.10. The lowest BCUT2D eigenvalue weighted by Crippen LogP contribution is -2.60. The van der Waals surface area contributed by atoms with E-state index >= 15 is 0 Å². The molecule has 1 aliphatic rings. The van der Waals surface area contributed by atoms with Gasteiger partial charge in [-0.2, -0.15) is 0 Å². The molecule has 7 heteroatoms. The predicted octanol–water partition coefficient (Wildman–Crippen LogP) is 0.0156. The molecule has 19 heavy (non-hydrogen) atoms. The van der Waals surface area contributed by atoms with Crippen LogP contribution in [-0.2, 0) is 9.59 Å². The second kappa shape index (κ2) is 6.40. The standard InChI is InChI=1S/C12H21N3O4/c1-4-7(2)9(11(17)18)14-12(19)15-6-5-13-10(16)8(15)3/h7-9H,4-6H2,1-3H3,(H,13,16)(H,14,19)(H,17,18)/t7?,8?,9-/m0/s1. The topological polar surface area (TPSA) is 98.7 Å². The average molecular weight is 271 g/mol. The van der Waals surface area contributed by atoms with E-state index in [-0.39, 0.29) is 11.8 Å². The number of rotatable bonds is 4. The number of carbonyl (C=O) groups is 3. The number of hydrogen-bond donors (Lipinski definition) is 3. The van der Waals surface area contributed by atoms with Crippen molar-refractivity contribution in [2.45, 2.75) is 39.3 Å². The molecule has 0 saturated carbocycles. The van der Waals surface area contributed by atoms with E-state index in [1.807, 2.05) is 6.92 Å². The van der Waals surface area contributed by atoms with Gasteiger partial charge in [-0.15, -0.1) is 0 Å². The zero-order chi connectivity index (χ0) is 14.6. The third-order valence-electron chi connectivity index (χ3n) is 3.52. The number of piperazine rings is 1. The van der Waals surface area contributed by atoms with Gasteiger partial charge in [0.05, 0.1) is 0 Å². The number of amides is 3. The Hall–Kier alpha value is -1.79. The maximum absolute atomic E-state index is 12.1. The highest BCUT2D eigenvalue weighted by molar-refractivity contribution is 5.89. The molecule has 3 atom stereocenters. The van der Waals surface area contributed by atoms with Crippen molar-refractivity contribution < 1.29 is 19.5 Å². The first-order chi connectivity index (χ1) is 8.88. The van der Waals surface area contributed by atoms with Crippen molar-refractivity contribution in [2.75, 3.05) is 13.1 Å². The number of carboxylic acids is 1. The summed E-state index contributed by atoms with van der Waals surface area (Å²) >= 11 is 0. The van der Waals surface area contributed by atoms with E-state index in [2.05, 4.69) is 10.6 Å². The summed E-state index contributed by atoms with van der Waals surface area (Å²) < 4.78 is 0. The maximum atomic E-state index is 12.1. The van der Waals surface area contributed by atoms with E-state index in [1.165, 1.54) is 4.90 Å². The van der Waals surface area contributed by atoms with Gasteiger partial charge >= 0.3 is 12.0 Å². The first-order valence-electron chi connectivity index (χ1n) is 6.46. The lowest BCUT2D eigenvalue weighted by molar-refractivity contribution is -0.140. The quantitative estimate of drug-likeness (QED) is 0.671. The molecule has 1 aliphatic heterocycles. The van der Waals surface area contributed by atoms with E-state index in [1.54, 1.807) is 13.8 Å². The van der Waals surface area contributed by atoms with Crippen LogP contribution in [0.3, 0.4) is 0 Å². The second-order valence-corrected chi connectivity index (χ2v) is 4.81. The van der Waals surface area contributed by atoms with Crippen LogP contribution in [0.5, 0.6) is 0 Å². The van der Waals surface area contributed by atoms with E-state index in [4.69, 9.17) is 5.11 Å². The van der Waals surface area contributed by atoms with Gasteiger partial charge in [-0.1, -0.05) is 20.3 Å². The molecule has 0 aromatic carbocycles. The Bertz CT molecular complexity index is 372. The Balaban J connectivity index is 2.71. The fourth-order valence-electron chi connectivity index (χ4n) is 1.96. The predicted molar refractivity (Wildman–Crippen MR) is 68.6 cm³/mol. The molecule has 1 rings (SSSR count). The minimum Gasteiger partial charge on any atom is -0.480 e. The number of carbonyl (C=O) groups excluding carboxylic acids is 2. The lowest BCUT2D eigenvalue weighted by Gasteiger charge is -2.34. The molecule has 0 radical (unpaired) electrons. The maximum Gasteiger partial charge on any atom is 0.326 e. The van der Waals surface area contributed by atoms with Crippen molar-refractivity contribution in [2.24, 2.45) is 5.92 Å². The number of nitrogens with one attached hydrogen (secondary N) is 2. The average Bonchev–Trinajstić information content (AvgIpc) is 2.37. The normalized spacial score (nSPS) is 22.4. The Morgan fingerprint density at radius 1 is 1.58 bits per heavy atom. The minimum absolute atomic E-state index is 0.171. The smallest absolute Gasteiger partial charge is 0.326 e. The van der Waals surface area contributed by atoms with Gasteiger partial charge in [0.2, 0.25) is 5.91 Å². The molecule has 7 nitrogen and oxygen atoms in total. The largest absolute Gasteiger partial charge is 0.480 e. The third kappa shape index (κ3) is 3.59. The third-order valence-corrected chi connectivity index (χ3v) is 3.52. The molecular weight excluding hydrogens is 250 g/mol. The van der Waals surface area contributed by atoms with E-state index in [0.717, 1.165) is 0 Å². The van der Waals surface area contributed by atoms with Crippen molar-refractivity contribution in [1.82, 2.24) is 15.5 Å². The molecule has 3 amide bonds. The summed E-state index contributed by atoms with van der Waals surface area (Å²) in [5, 5.41) is 14.3. The number of aliphatic carboxylic acids is 1. The molecule has 1 saturated heterocycles. The molecule has 0 aliphatic carbocycles. The fourth-order valence-corrected chi connectivity index (χ4v) is 1.96. The van der Waals surface area contributed by atoms with Crippen molar-refractivity contribution in [1.29, 1.82) is 0 Å². The van der Waals surface area contributed by atoms with Crippen molar-refractivity contribution >= 4 is 17.9 Å². The number of carboxylic acid groups (broad SMARTS) is 1. The van der Waals surface area contributed by atoms with Crippen LogP contribution in [0.1, 0.15) is 27.2 Å². The Labute approximate surface area is 112 Å². The van der Waals surface area contributed by atoms with Gasteiger partial charge in [0.15, 0.2) is 0 Å². The van der Waals surface area contributed by atoms with Gasteiger partial charge < -0.3 is 20.6 Å². The number of hydrogen-bond acceptors (Lipinski definition) is 3. The lowest BCUT2D eigenvalue weighted by atomic mass is 9.99. The molecule has 1 fully saturated rings. The summed E-state index contributed by atoms with van der Waals surface area (Å²) in [5.74, 6) is -1.45. The van der Waals surface area contributed by atoms with Crippen molar-refractivity contribution in [3.63, 3.8) is 0 Å². The second-order valence-electron chi connectivity index (χ2n) is 4.81. The summed E-state index contributed by atoms with van der Waals surface area (Å²) in [7, 11) is 0. The Kier molecular flexibility index (Phi) is 5.14. The number of nitrogens with zero attached hydrogens (tertiary/aromatic N) is 1. The van der Waals surface area contributed by atoms with Crippen LogP contribution in [0.25, 0.3) is 0 Å². The molecule has 0 bridgehead atoms. The van der Waals surface area contributed by atoms with Crippen LogP contribution in [0.2, 0.25) is 0 Å². The summed E-state index contributed by atoms with van der Waals surface area (Å²) in [6, 6.07) is -2.02. The SMILES string of the molecule is CCC(C)[C@H](NC(=O)N1CCNC(=O)C1C)C(=O)O. The highest BCUT2D eigenvalue weighted by atomic mass is 16.4. The van der Waals surface area contributed by atoms with E-state index < -0.39 is 24.1 Å². The highest BCUT2D eigenvalue weighted by Gasteiger charge is 2.33. The summed E-state index contributed by atoms with van der Waals surface area (Å²) in [5.41, 5.74) is 0. The van der Waals surface area contributed by atoms with Crippen LogP contribution < -0.4 is 10.6 Å². The fraction of sp³-hybridized carbons (Fsp3) is 0.750. The van der Waals surface area contributed by atoms with Gasteiger partial charge in [-0.05, 0) is 12.8 Å². The molecule has 3 N–H and O–H groups in total. The van der Waals surface area contributed by atoms with Gasteiger partial charge in [0.1, 0.15) is 12.1 Å². The Morgan fingerprint density at radius 3 is 2.74 bits per heavy atom. The van der Waals surface area contributed by atoms with Crippen LogP contribution in [0, 0.1) is 5.92 Å². The minimum atomic E-state index is -1.06. The molecule has 2 unspecified atom stereocenters. The molecule has 1 heterocycles. The monoisotopic (exact) mass is 271 g/mol. The summed E-state index contributed by atoms with van der Waals surface area (Å²) in [6.07, 6.45) is 0.646. The van der Waals surface area contributed by atoms with Crippen molar-refractivity contribution in [3.8, 4) is 0 Å². The van der Waals surface area contributed by atoms with Crippen LogP contribution in [-0.4, -0.2) is 53.1 Å². The zero-order valence-electron chi connectivity index (χ0n) is 11.5. The number of urea groups is 1. The molecule has 108 valence electrons. The first kappa shape index (κ1) is 15.3. The van der Waals surface area contributed by atoms with Crippen LogP contribution in [0.4, 0.5) is 4.79 Å². The van der Waals surface area contributed by atoms with E-state index in [9.17, 15) is 14.4 Å². The zero-order valence-corrected chi connectivity index (χ0v) is 11.5. The van der Waals surface area contributed by atoms with E-state index in [0.29, 0.717) is 19.5 Å². The van der Waals surface area contributed by atoms with Gasteiger partial charge in [0, 0.05) is 13.1 Å². The Morgan fingerprint density at radius 2 is 2.21 bits per heavy atom. The van der Waals surface area contributed by atoms with Crippen LogP contribution in [0.15, 0.2) is 0 Å². The van der Waals surface area contributed by atoms with Gasteiger partial charge in [-0.3, -0.25) is 4.79 Å². The van der Waals surface area contributed by atoms with Gasteiger partial charge in [-0.25, -0.2) is 9.59 Å². The molecular formula is C12H21N3O4. The molecule has 0 aromatic rings. The molecule has 0 spiro atoms. The van der Waals surface area contributed by atoms with Gasteiger partial charge in [0.25, 0.3) is 0 Å². The summed E-state index contributed by atoms with van der Waals surface area (Å²) in [6.45, 7) is 6.02. The first-order valence-corrected chi connectivity index (χ1v) is 6.46. The van der Waals surface area contributed by atoms with Crippen LogP contribution >= 0.6 is 0 Å². The molecule has 0 aromatic heterocycles.